The smallest absolute Gasteiger partial charge is 0.307 e. The highest BCUT2D eigenvalue weighted by Gasteiger charge is 2.19. The van der Waals surface area contributed by atoms with Crippen molar-refractivity contribution in [3.8, 4) is 0 Å². The van der Waals surface area contributed by atoms with Crippen molar-refractivity contribution < 1.29 is 15.0 Å². The molecule has 0 rings (SSSR count). The van der Waals surface area contributed by atoms with E-state index >= 15 is 0 Å². The Bertz CT molecular complexity index is 168. The number of aliphatic hydroxyl groups is 1. The molecule has 0 radical (unpaired) electrons. The van der Waals surface area contributed by atoms with Gasteiger partial charge in [0.1, 0.15) is 0 Å². The highest BCUT2D eigenvalue weighted by Crippen LogP contribution is 2.07. The van der Waals surface area contributed by atoms with Crippen LogP contribution in [0.5, 0.6) is 0 Å². The fraction of sp³-hybridized carbons (Fsp3) is 0.889. The second kappa shape index (κ2) is 5.19. The molecule has 0 spiro atoms. The number of carboxylic acids is 1. The molecule has 0 aromatic rings. The first kappa shape index (κ1) is 12.4. The standard InChI is InChI=1S/C9H19NO3/c1-7(8(12)13)6-10-9(2,3)4-5-11/h7,10-11H,4-6H2,1-3H3,(H,12,13). The first-order chi connectivity index (χ1) is 5.89. The van der Waals surface area contributed by atoms with Crippen LogP contribution in [0.4, 0.5) is 0 Å². The summed E-state index contributed by atoms with van der Waals surface area (Å²) in [6, 6.07) is 0. The van der Waals surface area contributed by atoms with E-state index in [1.54, 1.807) is 6.92 Å². The molecular weight excluding hydrogens is 170 g/mol. The molecule has 0 aromatic heterocycles. The van der Waals surface area contributed by atoms with E-state index in [9.17, 15) is 4.79 Å². The Hall–Kier alpha value is -0.610. The average molecular weight is 189 g/mol. The lowest BCUT2D eigenvalue weighted by molar-refractivity contribution is -0.141. The van der Waals surface area contributed by atoms with E-state index < -0.39 is 11.9 Å². The maximum Gasteiger partial charge on any atom is 0.307 e. The second-order valence-corrected chi connectivity index (χ2v) is 3.98. The van der Waals surface area contributed by atoms with Gasteiger partial charge in [0.25, 0.3) is 0 Å². The zero-order valence-corrected chi connectivity index (χ0v) is 8.50. The largest absolute Gasteiger partial charge is 0.481 e. The summed E-state index contributed by atoms with van der Waals surface area (Å²) in [6.45, 7) is 6.09. The van der Waals surface area contributed by atoms with Gasteiger partial charge in [0.05, 0.1) is 5.92 Å². The maximum absolute atomic E-state index is 10.5. The fourth-order valence-electron chi connectivity index (χ4n) is 0.885. The minimum absolute atomic E-state index is 0.113. The molecule has 0 aromatic carbocycles. The third kappa shape index (κ3) is 5.60. The summed E-state index contributed by atoms with van der Waals surface area (Å²) in [5.74, 6) is -1.19. The molecule has 3 N–H and O–H groups in total. The molecule has 0 saturated heterocycles. The Morgan fingerprint density at radius 1 is 1.54 bits per heavy atom. The van der Waals surface area contributed by atoms with Crippen molar-refractivity contribution in [1.82, 2.24) is 5.32 Å². The van der Waals surface area contributed by atoms with E-state index in [0.717, 1.165) is 0 Å². The van der Waals surface area contributed by atoms with Gasteiger partial charge < -0.3 is 15.5 Å². The number of aliphatic carboxylic acids is 1. The van der Waals surface area contributed by atoms with E-state index in [1.165, 1.54) is 0 Å². The first-order valence-corrected chi connectivity index (χ1v) is 4.48. The molecule has 4 nitrogen and oxygen atoms in total. The number of carbonyl (C=O) groups is 1. The van der Waals surface area contributed by atoms with Crippen LogP contribution in [0.25, 0.3) is 0 Å². The lowest BCUT2D eigenvalue weighted by atomic mass is 10.0. The van der Waals surface area contributed by atoms with Crippen molar-refractivity contribution in [2.75, 3.05) is 13.2 Å². The van der Waals surface area contributed by atoms with Crippen LogP contribution >= 0.6 is 0 Å². The molecule has 0 heterocycles. The predicted molar refractivity (Wildman–Crippen MR) is 50.6 cm³/mol. The van der Waals surface area contributed by atoms with E-state index in [4.69, 9.17) is 10.2 Å². The van der Waals surface area contributed by atoms with Gasteiger partial charge in [0.2, 0.25) is 0 Å². The van der Waals surface area contributed by atoms with E-state index in [-0.39, 0.29) is 12.1 Å². The Kier molecular flexibility index (Phi) is 4.95. The summed E-state index contributed by atoms with van der Waals surface area (Å²) in [5.41, 5.74) is -0.196. The number of hydrogen-bond donors (Lipinski definition) is 3. The quantitative estimate of drug-likeness (QED) is 0.567. The molecule has 1 unspecified atom stereocenters. The average Bonchev–Trinajstić information content (AvgIpc) is 2.00. The molecule has 1 atom stereocenters. The molecule has 78 valence electrons. The molecule has 0 aliphatic rings. The van der Waals surface area contributed by atoms with Crippen molar-refractivity contribution in [2.45, 2.75) is 32.7 Å². The highest BCUT2D eigenvalue weighted by atomic mass is 16.4. The van der Waals surface area contributed by atoms with E-state index in [2.05, 4.69) is 5.32 Å². The molecule has 4 heteroatoms. The fourth-order valence-corrected chi connectivity index (χ4v) is 0.885. The molecule has 0 aliphatic carbocycles. The topological polar surface area (TPSA) is 69.6 Å². The lowest BCUT2D eigenvalue weighted by Gasteiger charge is -2.26. The summed E-state index contributed by atoms with van der Waals surface area (Å²) in [7, 11) is 0. The van der Waals surface area contributed by atoms with Crippen molar-refractivity contribution in [3.05, 3.63) is 0 Å². The number of aliphatic hydroxyl groups excluding tert-OH is 1. The Balaban J connectivity index is 3.80. The normalized spacial score (nSPS) is 14.2. The van der Waals surface area contributed by atoms with Gasteiger partial charge in [-0.25, -0.2) is 0 Å². The van der Waals surface area contributed by atoms with Gasteiger partial charge in [-0.3, -0.25) is 4.79 Å². The number of hydrogen-bond acceptors (Lipinski definition) is 3. The van der Waals surface area contributed by atoms with Gasteiger partial charge >= 0.3 is 5.97 Å². The van der Waals surface area contributed by atoms with Crippen molar-refractivity contribution in [3.63, 3.8) is 0 Å². The van der Waals surface area contributed by atoms with Crippen LogP contribution in [-0.2, 0) is 4.79 Å². The van der Waals surface area contributed by atoms with Gasteiger partial charge in [-0.15, -0.1) is 0 Å². The summed E-state index contributed by atoms with van der Waals surface area (Å²) in [6.07, 6.45) is 0.624. The summed E-state index contributed by atoms with van der Waals surface area (Å²) >= 11 is 0. The molecule has 0 saturated carbocycles. The molecule has 0 aliphatic heterocycles. The summed E-state index contributed by atoms with van der Waals surface area (Å²) in [5, 5.41) is 20.4. The van der Waals surface area contributed by atoms with Gasteiger partial charge in [-0.1, -0.05) is 6.92 Å². The van der Waals surface area contributed by atoms with Crippen LogP contribution in [0.3, 0.4) is 0 Å². The van der Waals surface area contributed by atoms with Crippen LogP contribution in [0, 0.1) is 5.92 Å². The molecule has 0 fully saturated rings. The third-order valence-corrected chi connectivity index (χ3v) is 2.05. The highest BCUT2D eigenvalue weighted by molar-refractivity contribution is 5.69. The molecular formula is C9H19NO3. The van der Waals surface area contributed by atoms with Crippen LogP contribution in [0.15, 0.2) is 0 Å². The third-order valence-electron chi connectivity index (χ3n) is 2.05. The lowest BCUT2D eigenvalue weighted by Crippen LogP contribution is -2.43. The van der Waals surface area contributed by atoms with Crippen LogP contribution in [-0.4, -0.2) is 34.9 Å². The zero-order chi connectivity index (χ0) is 10.5. The second-order valence-electron chi connectivity index (χ2n) is 3.98. The van der Waals surface area contributed by atoms with Crippen molar-refractivity contribution in [1.29, 1.82) is 0 Å². The number of rotatable bonds is 6. The first-order valence-electron chi connectivity index (χ1n) is 4.48. The van der Waals surface area contributed by atoms with Crippen LogP contribution in [0.1, 0.15) is 27.2 Å². The predicted octanol–water partition coefficient (Wildman–Crippen LogP) is 0.458. The number of carboxylic acid groups (broad SMARTS) is 1. The SMILES string of the molecule is CC(CNC(C)(C)CCO)C(=O)O. The van der Waals surface area contributed by atoms with Gasteiger partial charge in [-0.2, -0.15) is 0 Å². The van der Waals surface area contributed by atoms with Gasteiger partial charge in [0, 0.05) is 18.7 Å². The Morgan fingerprint density at radius 3 is 2.46 bits per heavy atom. The molecule has 0 amide bonds. The molecule has 0 bridgehead atoms. The molecule has 13 heavy (non-hydrogen) atoms. The van der Waals surface area contributed by atoms with Crippen LogP contribution in [0.2, 0.25) is 0 Å². The monoisotopic (exact) mass is 189 g/mol. The number of nitrogens with one attached hydrogen (secondary N) is 1. The Labute approximate surface area is 79.0 Å². The summed E-state index contributed by atoms with van der Waals surface area (Å²) in [4.78, 5) is 10.5. The minimum atomic E-state index is -0.799. The maximum atomic E-state index is 10.5. The van der Waals surface area contributed by atoms with Gasteiger partial charge in [-0.05, 0) is 20.3 Å². The van der Waals surface area contributed by atoms with Gasteiger partial charge in [0.15, 0.2) is 0 Å². The zero-order valence-electron chi connectivity index (χ0n) is 8.50. The summed E-state index contributed by atoms with van der Waals surface area (Å²) < 4.78 is 0. The van der Waals surface area contributed by atoms with Crippen molar-refractivity contribution in [2.24, 2.45) is 5.92 Å². The van der Waals surface area contributed by atoms with E-state index in [0.29, 0.717) is 13.0 Å². The minimum Gasteiger partial charge on any atom is -0.481 e. The Morgan fingerprint density at radius 2 is 2.08 bits per heavy atom. The van der Waals surface area contributed by atoms with E-state index in [1.807, 2.05) is 13.8 Å². The van der Waals surface area contributed by atoms with Crippen LogP contribution < -0.4 is 5.32 Å². The van der Waals surface area contributed by atoms with Crippen molar-refractivity contribution >= 4 is 5.97 Å².